The summed E-state index contributed by atoms with van der Waals surface area (Å²) in [4.78, 5) is 8.26. The zero-order chi connectivity index (χ0) is 18.6. The Morgan fingerprint density at radius 2 is 1.93 bits per heavy atom. The fourth-order valence-electron chi connectivity index (χ4n) is 2.36. The van der Waals surface area contributed by atoms with Crippen molar-refractivity contribution in [1.82, 2.24) is 9.55 Å². The van der Waals surface area contributed by atoms with Gasteiger partial charge in [-0.3, -0.25) is 16.1 Å². The van der Waals surface area contributed by atoms with Gasteiger partial charge in [-0.25, -0.2) is 0 Å². The first-order valence-electron chi connectivity index (χ1n) is 8.48. The maximum atomic E-state index is 4.49. The summed E-state index contributed by atoms with van der Waals surface area (Å²) in [5.74, 6) is 0.930. The van der Waals surface area contributed by atoms with Gasteiger partial charge in [-0.2, -0.15) is 0 Å². The maximum absolute atomic E-state index is 4.49. The van der Waals surface area contributed by atoms with Gasteiger partial charge in [0.2, 0.25) is 0 Å². The first-order chi connectivity index (χ1) is 12.8. The summed E-state index contributed by atoms with van der Waals surface area (Å²) < 4.78 is 2.14. The second kappa shape index (κ2) is 12.7. The molecule has 0 N–H and O–H groups in total. The number of aryl methyl sites for hydroxylation is 1. The number of imidazole rings is 1. The largest absolute Gasteiger partial charge is 0.496 e. The molecule has 1 radical (unpaired) electrons. The van der Waals surface area contributed by atoms with Crippen molar-refractivity contribution in [1.29, 1.82) is 0 Å². The molecule has 2 aromatic carbocycles. The molecule has 1 heterocycles. The normalized spacial score (nSPS) is 10.3. The number of nitrogens with zero attached hydrogens (tertiary/aromatic N) is 3. The SMILES string of the molecule is C=CN=CC[C-]=CC.Cc1cnc(-c2[c-]cccc2)n1-c1ccccc1.[Ir]. The smallest absolute Gasteiger partial charge is 0.0604 e. The third kappa shape index (κ3) is 6.93. The average Bonchev–Trinajstić information content (AvgIpc) is 3.09. The summed E-state index contributed by atoms with van der Waals surface area (Å²) in [6.07, 6.45) is 10.8. The molecular formula is C23H23IrN3-2. The molecule has 27 heavy (non-hydrogen) atoms. The number of aromatic nitrogens is 2. The molecule has 3 nitrogen and oxygen atoms in total. The molecule has 0 bridgehead atoms. The van der Waals surface area contributed by atoms with Gasteiger partial charge in [0.05, 0.1) is 5.82 Å². The molecule has 0 saturated carbocycles. The minimum Gasteiger partial charge on any atom is -0.496 e. The van der Waals surface area contributed by atoms with Crippen molar-refractivity contribution >= 4 is 6.21 Å². The van der Waals surface area contributed by atoms with Crippen molar-refractivity contribution in [3.05, 3.63) is 97.5 Å². The molecule has 0 spiro atoms. The molecular weight excluding hydrogens is 510 g/mol. The van der Waals surface area contributed by atoms with Crippen LogP contribution < -0.4 is 0 Å². The van der Waals surface area contributed by atoms with Crippen molar-refractivity contribution in [2.75, 3.05) is 0 Å². The minimum absolute atomic E-state index is 0. The topological polar surface area (TPSA) is 30.2 Å². The number of aliphatic imine (C=N–C) groups is 1. The van der Waals surface area contributed by atoms with Gasteiger partial charge in [-0.05, 0) is 25.3 Å². The van der Waals surface area contributed by atoms with Crippen LogP contribution in [0.3, 0.4) is 0 Å². The Morgan fingerprint density at radius 1 is 1.19 bits per heavy atom. The molecule has 3 aromatic rings. The number of rotatable bonds is 5. The summed E-state index contributed by atoms with van der Waals surface area (Å²) in [7, 11) is 0. The van der Waals surface area contributed by atoms with Crippen LogP contribution >= 0.6 is 0 Å². The Balaban J connectivity index is 0.000000350. The van der Waals surface area contributed by atoms with E-state index in [-0.39, 0.29) is 20.1 Å². The summed E-state index contributed by atoms with van der Waals surface area (Å²) in [6, 6.07) is 21.4. The van der Waals surface area contributed by atoms with E-state index in [2.05, 4.69) is 52.3 Å². The average molecular weight is 534 g/mol. The second-order valence-corrected chi connectivity index (χ2v) is 5.38. The van der Waals surface area contributed by atoms with Gasteiger partial charge in [0.1, 0.15) is 0 Å². The molecule has 0 aliphatic heterocycles. The molecule has 0 aliphatic rings. The van der Waals surface area contributed by atoms with Gasteiger partial charge in [-0.15, -0.1) is 42.3 Å². The van der Waals surface area contributed by atoms with Crippen molar-refractivity contribution in [2.45, 2.75) is 20.3 Å². The van der Waals surface area contributed by atoms with Gasteiger partial charge >= 0.3 is 0 Å². The van der Waals surface area contributed by atoms with E-state index in [0.717, 1.165) is 29.2 Å². The number of hydrogen-bond acceptors (Lipinski definition) is 2. The Kier molecular flexibility index (Phi) is 10.6. The van der Waals surface area contributed by atoms with Crippen LogP contribution in [-0.2, 0) is 20.1 Å². The fraction of sp³-hybridized carbons (Fsp3) is 0.130. The van der Waals surface area contributed by atoms with Gasteiger partial charge in [0, 0.05) is 43.9 Å². The molecule has 4 heteroatoms. The summed E-state index contributed by atoms with van der Waals surface area (Å²) >= 11 is 0. The second-order valence-electron chi connectivity index (χ2n) is 5.38. The van der Waals surface area contributed by atoms with Crippen molar-refractivity contribution in [2.24, 2.45) is 4.99 Å². The molecule has 1 aromatic heterocycles. The monoisotopic (exact) mass is 534 g/mol. The molecule has 0 atom stereocenters. The van der Waals surface area contributed by atoms with Crippen molar-refractivity contribution < 1.29 is 20.1 Å². The van der Waals surface area contributed by atoms with Crippen molar-refractivity contribution in [3.8, 4) is 17.1 Å². The van der Waals surface area contributed by atoms with Gasteiger partial charge in [0.25, 0.3) is 0 Å². The first kappa shape index (κ1) is 22.5. The molecule has 0 amide bonds. The predicted molar refractivity (Wildman–Crippen MR) is 109 cm³/mol. The maximum Gasteiger partial charge on any atom is 0.0604 e. The molecule has 3 rings (SSSR count). The third-order valence-electron chi connectivity index (χ3n) is 3.53. The quantitative estimate of drug-likeness (QED) is 0.310. The van der Waals surface area contributed by atoms with Crippen LogP contribution in [0.5, 0.6) is 0 Å². The van der Waals surface area contributed by atoms with Crippen molar-refractivity contribution in [3.63, 3.8) is 0 Å². The number of hydrogen-bond donors (Lipinski definition) is 0. The van der Waals surface area contributed by atoms with Crippen LogP contribution in [-0.4, -0.2) is 15.8 Å². The predicted octanol–water partition coefficient (Wildman–Crippen LogP) is 5.62. The number of para-hydroxylation sites is 1. The van der Waals surface area contributed by atoms with E-state index in [1.807, 2.05) is 61.7 Å². The number of benzene rings is 2. The molecule has 0 unspecified atom stereocenters. The zero-order valence-corrected chi connectivity index (χ0v) is 18.0. The summed E-state index contributed by atoms with van der Waals surface area (Å²) in [5, 5.41) is 0. The molecule has 141 valence electrons. The Bertz CT molecular complexity index is 850. The Morgan fingerprint density at radius 3 is 2.56 bits per heavy atom. The van der Waals surface area contributed by atoms with Crippen LogP contribution in [0, 0.1) is 19.1 Å². The van der Waals surface area contributed by atoms with E-state index in [0.29, 0.717) is 0 Å². The number of allylic oxidation sites excluding steroid dienone is 2. The van der Waals surface area contributed by atoms with Crippen LogP contribution in [0.1, 0.15) is 19.0 Å². The van der Waals surface area contributed by atoms with E-state index >= 15 is 0 Å². The third-order valence-corrected chi connectivity index (χ3v) is 3.53. The van der Waals surface area contributed by atoms with E-state index in [4.69, 9.17) is 0 Å². The van der Waals surface area contributed by atoms with Gasteiger partial charge in [-0.1, -0.05) is 31.7 Å². The zero-order valence-electron chi connectivity index (χ0n) is 15.6. The van der Waals surface area contributed by atoms with E-state index in [1.54, 1.807) is 6.21 Å². The standard InChI is InChI=1S/C16H13N2.C7H10N.Ir/c1-13-12-17-16(14-8-4-2-5-9-14)18(13)15-10-6-3-7-11-15;1-3-5-6-7-8-4-2;/h2-8,10-12H,1H3;3-4,7H,2,6H2,1H3;/q2*-1;. The molecule has 0 saturated heterocycles. The fourth-order valence-corrected chi connectivity index (χ4v) is 2.36. The van der Waals surface area contributed by atoms with Gasteiger partial charge < -0.3 is 10.6 Å². The summed E-state index contributed by atoms with van der Waals surface area (Å²) in [5.41, 5.74) is 3.25. The Labute approximate surface area is 175 Å². The van der Waals surface area contributed by atoms with Crippen LogP contribution in [0.4, 0.5) is 0 Å². The van der Waals surface area contributed by atoms with E-state index in [9.17, 15) is 0 Å². The van der Waals surface area contributed by atoms with E-state index < -0.39 is 0 Å². The van der Waals surface area contributed by atoms with E-state index in [1.165, 1.54) is 6.20 Å². The minimum atomic E-state index is 0. The van der Waals surface area contributed by atoms with Crippen LogP contribution in [0.25, 0.3) is 17.1 Å². The van der Waals surface area contributed by atoms with Crippen LogP contribution in [0.2, 0.25) is 0 Å². The molecule has 0 fully saturated rings. The Hall–Kier alpha value is -2.55. The first-order valence-corrected chi connectivity index (χ1v) is 8.48. The van der Waals surface area contributed by atoms with Gasteiger partial charge in [0.15, 0.2) is 0 Å². The molecule has 0 aliphatic carbocycles. The summed E-state index contributed by atoms with van der Waals surface area (Å²) in [6.45, 7) is 7.42. The van der Waals surface area contributed by atoms with Crippen LogP contribution in [0.15, 0.2) is 84.6 Å².